The van der Waals surface area contributed by atoms with Crippen molar-refractivity contribution in [3.8, 4) is 0 Å². The quantitative estimate of drug-likeness (QED) is 0.408. The number of aryl methyl sites for hydroxylation is 1. The lowest BCUT2D eigenvalue weighted by atomic mass is 9.98. The molecular weight excluding hydrogens is 438 g/mol. The molecule has 0 fully saturated rings. The van der Waals surface area contributed by atoms with Crippen molar-refractivity contribution in [3.05, 3.63) is 66.2 Å². The highest BCUT2D eigenvalue weighted by Gasteiger charge is 2.16. The predicted molar refractivity (Wildman–Crippen MR) is 92.2 cm³/mol. The number of rotatable bonds is 3. The summed E-state index contributed by atoms with van der Waals surface area (Å²) in [5.41, 5.74) is 6.10. The third-order valence-electron chi connectivity index (χ3n) is 2.96. The van der Waals surface area contributed by atoms with Crippen LogP contribution in [0.1, 0.15) is 22.7 Å². The largest absolute Gasteiger partial charge is 0.271 e. The summed E-state index contributed by atoms with van der Waals surface area (Å²) < 4.78 is 2.18. The molecule has 0 heterocycles. The number of hydrogen-bond donors (Lipinski definition) is 2. The van der Waals surface area contributed by atoms with Crippen molar-refractivity contribution in [2.45, 2.75) is 13.0 Å². The molecule has 1 unspecified atom stereocenters. The van der Waals surface area contributed by atoms with Gasteiger partial charge in [0, 0.05) is 13.1 Å². The van der Waals surface area contributed by atoms with Crippen LogP contribution in [0, 0.1) is 10.5 Å². The molecule has 0 saturated carbocycles. The van der Waals surface area contributed by atoms with Gasteiger partial charge in [-0.25, -0.2) is 5.43 Å². The van der Waals surface area contributed by atoms with Crippen LogP contribution in [0.15, 0.2) is 40.9 Å². The molecule has 3 N–H and O–H groups in total. The number of hydrazine groups is 1. The first-order chi connectivity index (χ1) is 9.02. The van der Waals surface area contributed by atoms with Crippen molar-refractivity contribution in [2.75, 3.05) is 0 Å². The van der Waals surface area contributed by atoms with E-state index in [0.29, 0.717) is 0 Å². The van der Waals surface area contributed by atoms with Crippen LogP contribution in [-0.2, 0) is 0 Å². The molecule has 2 aromatic carbocycles. The fraction of sp³-hybridized carbons (Fsp3) is 0.143. The fourth-order valence-electron chi connectivity index (χ4n) is 1.89. The van der Waals surface area contributed by atoms with Gasteiger partial charge < -0.3 is 0 Å². The number of benzene rings is 2. The number of halogens is 3. The zero-order valence-corrected chi connectivity index (χ0v) is 14.8. The Balaban J connectivity index is 2.49. The van der Waals surface area contributed by atoms with Crippen LogP contribution in [0.2, 0.25) is 5.02 Å². The maximum Gasteiger partial charge on any atom is 0.0721 e. The molecule has 19 heavy (non-hydrogen) atoms. The molecule has 0 amide bonds. The van der Waals surface area contributed by atoms with Crippen molar-refractivity contribution in [1.29, 1.82) is 0 Å². The van der Waals surface area contributed by atoms with Crippen molar-refractivity contribution in [2.24, 2.45) is 5.84 Å². The second-order valence-corrected chi connectivity index (χ2v) is 6.76. The molecule has 0 radical (unpaired) electrons. The van der Waals surface area contributed by atoms with E-state index in [0.717, 1.165) is 29.8 Å². The van der Waals surface area contributed by atoms with Crippen LogP contribution in [0.4, 0.5) is 0 Å². The second-order valence-electron chi connectivity index (χ2n) is 4.27. The third-order valence-corrected chi connectivity index (χ3v) is 4.85. The lowest BCUT2D eigenvalue weighted by Crippen LogP contribution is -2.29. The summed E-state index contributed by atoms with van der Waals surface area (Å²) in [6.45, 7) is 1.99. The molecule has 0 spiro atoms. The van der Waals surface area contributed by atoms with E-state index >= 15 is 0 Å². The maximum absolute atomic E-state index is 6.19. The molecule has 1 atom stereocenters. The molecule has 100 valence electrons. The molecule has 2 aromatic rings. The van der Waals surface area contributed by atoms with Gasteiger partial charge in [0.1, 0.15) is 0 Å². The lowest BCUT2D eigenvalue weighted by molar-refractivity contribution is 0.634. The zero-order valence-electron chi connectivity index (χ0n) is 10.3. The van der Waals surface area contributed by atoms with Gasteiger partial charge in [-0.2, -0.15) is 0 Å². The van der Waals surface area contributed by atoms with Gasteiger partial charge >= 0.3 is 0 Å². The molecular formula is C14H13BrClIN2. The summed E-state index contributed by atoms with van der Waals surface area (Å²) >= 11 is 12.0. The van der Waals surface area contributed by atoms with E-state index in [1.165, 1.54) is 0 Å². The van der Waals surface area contributed by atoms with Crippen LogP contribution in [0.3, 0.4) is 0 Å². The van der Waals surface area contributed by atoms with Gasteiger partial charge in [0.15, 0.2) is 0 Å². The normalized spacial score (nSPS) is 12.5. The van der Waals surface area contributed by atoms with Gasteiger partial charge in [-0.15, -0.1) is 0 Å². The first-order valence-corrected chi connectivity index (χ1v) is 7.95. The Morgan fingerprint density at radius 2 is 2.00 bits per heavy atom. The average Bonchev–Trinajstić information content (AvgIpc) is 2.38. The standard InChI is InChI=1S/C14H13BrClIN2/c1-8-2-3-9(6-12(8)16)14(19-18)11-7-10(15)4-5-13(11)17/h2-7,14,19H,18H2,1H3. The summed E-state index contributed by atoms with van der Waals surface area (Å²) in [4.78, 5) is 0. The maximum atomic E-state index is 6.19. The summed E-state index contributed by atoms with van der Waals surface area (Å²) in [5.74, 6) is 5.73. The van der Waals surface area contributed by atoms with Crippen LogP contribution in [0.25, 0.3) is 0 Å². The van der Waals surface area contributed by atoms with Gasteiger partial charge in [-0.05, 0) is 70.5 Å². The Morgan fingerprint density at radius 3 is 2.63 bits per heavy atom. The van der Waals surface area contributed by atoms with Crippen LogP contribution >= 0.6 is 50.1 Å². The molecule has 0 aliphatic carbocycles. The monoisotopic (exact) mass is 450 g/mol. The summed E-state index contributed by atoms with van der Waals surface area (Å²) in [6.07, 6.45) is 0. The average molecular weight is 452 g/mol. The second kappa shape index (κ2) is 6.54. The highest BCUT2D eigenvalue weighted by atomic mass is 127. The summed E-state index contributed by atoms with van der Waals surface area (Å²) in [6, 6.07) is 12.1. The molecule has 5 heteroatoms. The summed E-state index contributed by atoms with van der Waals surface area (Å²) in [7, 11) is 0. The molecule has 2 nitrogen and oxygen atoms in total. The molecule has 0 aromatic heterocycles. The molecule has 0 aliphatic heterocycles. The first kappa shape index (κ1) is 15.3. The van der Waals surface area contributed by atoms with E-state index in [4.69, 9.17) is 17.4 Å². The molecule has 0 bridgehead atoms. The Bertz CT molecular complexity index is 604. The summed E-state index contributed by atoms with van der Waals surface area (Å²) in [5, 5.41) is 0.753. The SMILES string of the molecule is Cc1ccc(C(NN)c2cc(Br)ccc2I)cc1Cl. The lowest BCUT2D eigenvalue weighted by Gasteiger charge is -2.19. The van der Waals surface area contributed by atoms with E-state index in [2.05, 4.69) is 56.1 Å². The highest BCUT2D eigenvalue weighted by Crippen LogP contribution is 2.30. The number of nitrogens with one attached hydrogen (secondary N) is 1. The molecule has 0 aliphatic rings. The van der Waals surface area contributed by atoms with Gasteiger partial charge in [0.05, 0.1) is 6.04 Å². The Morgan fingerprint density at radius 1 is 1.26 bits per heavy atom. The van der Waals surface area contributed by atoms with Crippen molar-refractivity contribution >= 4 is 50.1 Å². The van der Waals surface area contributed by atoms with Crippen LogP contribution in [0.5, 0.6) is 0 Å². The first-order valence-electron chi connectivity index (χ1n) is 5.70. The van der Waals surface area contributed by atoms with Crippen molar-refractivity contribution < 1.29 is 0 Å². The van der Waals surface area contributed by atoms with Gasteiger partial charge in [0.2, 0.25) is 0 Å². The number of nitrogens with two attached hydrogens (primary N) is 1. The van der Waals surface area contributed by atoms with Gasteiger partial charge in [0.25, 0.3) is 0 Å². The minimum Gasteiger partial charge on any atom is -0.271 e. The van der Waals surface area contributed by atoms with E-state index in [1.54, 1.807) is 0 Å². The minimum absolute atomic E-state index is 0.0810. The smallest absolute Gasteiger partial charge is 0.0721 e. The Kier molecular flexibility index (Phi) is 5.25. The van der Waals surface area contributed by atoms with E-state index < -0.39 is 0 Å². The molecule has 2 rings (SSSR count). The van der Waals surface area contributed by atoms with Crippen molar-refractivity contribution in [1.82, 2.24) is 5.43 Å². The van der Waals surface area contributed by atoms with E-state index in [1.807, 2.05) is 31.2 Å². The van der Waals surface area contributed by atoms with Crippen molar-refractivity contribution in [3.63, 3.8) is 0 Å². The van der Waals surface area contributed by atoms with Crippen LogP contribution < -0.4 is 11.3 Å². The van der Waals surface area contributed by atoms with Gasteiger partial charge in [-0.3, -0.25) is 5.84 Å². The number of hydrogen-bond acceptors (Lipinski definition) is 2. The third kappa shape index (κ3) is 3.49. The Hall–Kier alpha value is -0.140. The topological polar surface area (TPSA) is 38.0 Å². The van der Waals surface area contributed by atoms with Crippen LogP contribution in [-0.4, -0.2) is 0 Å². The minimum atomic E-state index is -0.0810. The molecule has 0 saturated heterocycles. The van der Waals surface area contributed by atoms with E-state index in [9.17, 15) is 0 Å². The highest BCUT2D eigenvalue weighted by molar-refractivity contribution is 14.1. The zero-order chi connectivity index (χ0) is 14.0. The van der Waals surface area contributed by atoms with E-state index in [-0.39, 0.29) is 6.04 Å². The Labute approximate surface area is 140 Å². The van der Waals surface area contributed by atoms with Gasteiger partial charge in [-0.1, -0.05) is 39.7 Å². The predicted octanol–water partition coefficient (Wildman–Crippen LogP) is 4.57. The fourth-order valence-corrected chi connectivity index (χ4v) is 3.10.